The fraction of sp³-hybridized carbons (Fsp3) is 1.00. The average molecular weight is 303 g/mol. The summed E-state index contributed by atoms with van der Waals surface area (Å²) in [5, 5.41) is 16.5. The lowest BCUT2D eigenvalue weighted by Crippen LogP contribution is -1.84. The predicted octanol–water partition coefficient (Wildman–Crippen LogP) is 5.85. The Morgan fingerprint density at radius 1 is 0.381 bits per heavy atom. The van der Waals surface area contributed by atoms with Crippen molar-refractivity contribution in [3.05, 3.63) is 0 Å². The molecule has 0 saturated carbocycles. The molecule has 2 N–H and O–H groups in total. The number of aliphatic hydroxyl groups is 2. The maximum Gasteiger partial charge on any atom is 0.0431 e. The summed E-state index contributed by atoms with van der Waals surface area (Å²) in [5.41, 5.74) is 0. The molecule has 0 spiro atoms. The highest BCUT2D eigenvalue weighted by Crippen LogP contribution is 2.12. The summed E-state index contributed by atoms with van der Waals surface area (Å²) in [4.78, 5) is 0. The molecule has 2 heteroatoms. The maximum absolute atomic E-state index is 8.64. The van der Waals surface area contributed by atoms with E-state index in [2.05, 4.69) is 6.92 Å². The maximum atomic E-state index is 8.64. The van der Waals surface area contributed by atoms with E-state index in [1.165, 1.54) is 83.5 Å². The fourth-order valence-electron chi connectivity index (χ4n) is 2.31. The Hall–Kier alpha value is -0.0800. The van der Waals surface area contributed by atoms with Crippen LogP contribution in [0.3, 0.4) is 0 Å². The van der Waals surface area contributed by atoms with Crippen LogP contribution in [0.1, 0.15) is 110 Å². The lowest BCUT2D eigenvalue weighted by atomic mass is 10.0. The summed E-state index contributed by atoms with van der Waals surface area (Å²) in [6.45, 7) is 4.90. The molecule has 0 heterocycles. The van der Waals surface area contributed by atoms with Gasteiger partial charge in [0.25, 0.3) is 0 Å². The Labute approximate surface area is 134 Å². The molecule has 0 aromatic heterocycles. The van der Waals surface area contributed by atoms with Crippen molar-refractivity contribution in [2.75, 3.05) is 13.2 Å². The molecule has 0 aliphatic rings. The molecule has 0 aromatic carbocycles. The van der Waals surface area contributed by atoms with Gasteiger partial charge >= 0.3 is 0 Å². The molecule has 0 saturated heterocycles. The molecule has 0 unspecified atom stereocenters. The van der Waals surface area contributed by atoms with Gasteiger partial charge in [-0.2, -0.15) is 0 Å². The summed E-state index contributed by atoms with van der Waals surface area (Å²) < 4.78 is 0. The molecule has 21 heavy (non-hydrogen) atoms. The minimum atomic E-state index is 0.319. The number of unbranched alkanes of at least 4 members (excludes halogenated alkanes) is 13. The van der Waals surface area contributed by atoms with Gasteiger partial charge in [-0.3, -0.25) is 0 Å². The van der Waals surface area contributed by atoms with Crippen LogP contribution in [0.25, 0.3) is 0 Å². The number of aliphatic hydroxyl groups excluding tert-OH is 2. The monoisotopic (exact) mass is 302 g/mol. The Bertz CT molecular complexity index is 133. The second-order valence-corrected chi connectivity index (χ2v) is 6.04. The first kappa shape index (κ1) is 23.2. The smallest absolute Gasteiger partial charge is 0.0431 e. The minimum absolute atomic E-state index is 0.319. The summed E-state index contributed by atoms with van der Waals surface area (Å²) in [5.74, 6) is 0. The number of hydrogen-bond acceptors (Lipinski definition) is 2. The highest BCUT2D eigenvalue weighted by molar-refractivity contribution is 4.48. The van der Waals surface area contributed by atoms with Crippen molar-refractivity contribution in [2.45, 2.75) is 110 Å². The van der Waals surface area contributed by atoms with Crippen LogP contribution in [0.4, 0.5) is 0 Å². The van der Waals surface area contributed by atoms with Crippen molar-refractivity contribution in [2.24, 2.45) is 0 Å². The fourth-order valence-corrected chi connectivity index (χ4v) is 2.31. The number of hydrogen-bond donors (Lipinski definition) is 2. The lowest BCUT2D eigenvalue weighted by Gasteiger charge is -2.02. The first-order valence-corrected chi connectivity index (χ1v) is 9.55. The Morgan fingerprint density at radius 2 is 0.667 bits per heavy atom. The predicted molar refractivity (Wildman–Crippen MR) is 94.8 cm³/mol. The van der Waals surface area contributed by atoms with Crippen LogP contribution in [0.15, 0.2) is 0 Å². The second-order valence-electron chi connectivity index (χ2n) is 6.04. The van der Waals surface area contributed by atoms with E-state index in [1.807, 2.05) is 6.92 Å². The Morgan fingerprint density at radius 3 is 0.905 bits per heavy atom. The third kappa shape index (κ3) is 28.7. The molecule has 0 bridgehead atoms. The van der Waals surface area contributed by atoms with Gasteiger partial charge in [0.05, 0.1) is 0 Å². The summed E-state index contributed by atoms with van der Waals surface area (Å²) in [7, 11) is 0. The van der Waals surface area contributed by atoms with E-state index in [-0.39, 0.29) is 0 Å². The van der Waals surface area contributed by atoms with Crippen molar-refractivity contribution >= 4 is 0 Å². The van der Waals surface area contributed by atoms with Gasteiger partial charge in [0.1, 0.15) is 0 Å². The lowest BCUT2D eigenvalue weighted by molar-refractivity contribution is 0.282. The van der Waals surface area contributed by atoms with Crippen LogP contribution in [0, 0.1) is 0 Å². The van der Waals surface area contributed by atoms with Crippen LogP contribution in [0.2, 0.25) is 0 Å². The molecule has 0 rings (SSSR count). The van der Waals surface area contributed by atoms with Crippen LogP contribution < -0.4 is 0 Å². The molecule has 0 aliphatic carbocycles. The SMILES string of the molecule is CCCCCCCCCCCCCCCCO.CCCO. The van der Waals surface area contributed by atoms with Crippen LogP contribution in [0.5, 0.6) is 0 Å². The highest BCUT2D eigenvalue weighted by Gasteiger charge is 1.93. The van der Waals surface area contributed by atoms with Gasteiger partial charge in [-0.25, -0.2) is 0 Å². The van der Waals surface area contributed by atoms with Crippen LogP contribution >= 0.6 is 0 Å². The summed E-state index contributed by atoms with van der Waals surface area (Å²) in [6.07, 6.45) is 20.1. The summed E-state index contributed by atoms with van der Waals surface area (Å²) >= 11 is 0. The molecule has 130 valence electrons. The standard InChI is InChI=1S/C16H34O.C3H8O/c1-2-3-4-5-6-7-8-9-10-11-12-13-14-15-16-17;1-2-3-4/h17H,2-16H2,1H3;4H,2-3H2,1H3. The van der Waals surface area contributed by atoms with Crippen molar-refractivity contribution in [1.29, 1.82) is 0 Å². The zero-order chi connectivity index (χ0) is 16.0. The molecule has 0 fully saturated rings. The van der Waals surface area contributed by atoms with E-state index in [4.69, 9.17) is 10.2 Å². The van der Waals surface area contributed by atoms with Crippen LogP contribution in [-0.4, -0.2) is 23.4 Å². The van der Waals surface area contributed by atoms with Crippen molar-refractivity contribution in [1.82, 2.24) is 0 Å². The molecule has 0 aromatic rings. The normalized spacial score (nSPS) is 10.3. The van der Waals surface area contributed by atoms with Gasteiger partial charge in [0.15, 0.2) is 0 Å². The topological polar surface area (TPSA) is 40.5 Å². The first-order valence-electron chi connectivity index (χ1n) is 9.55. The van der Waals surface area contributed by atoms with E-state index in [0.717, 1.165) is 12.8 Å². The molecular formula is C19H42O2. The van der Waals surface area contributed by atoms with Gasteiger partial charge in [0.2, 0.25) is 0 Å². The molecule has 0 amide bonds. The third-order valence-corrected chi connectivity index (χ3v) is 3.74. The van der Waals surface area contributed by atoms with Crippen LogP contribution in [-0.2, 0) is 0 Å². The van der Waals surface area contributed by atoms with Gasteiger partial charge in [-0.05, 0) is 12.8 Å². The van der Waals surface area contributed by atoms with Gasteiger partial charge in [-0.1, -0.05) is 97.3 Å². The zero-order valence-electron chi connectivity index (χ0n) is 14.9. The Balaban J connectivity index is 0. The zero-order valence-corrected chi connectivity index (χ0v) is 14.9. The molecular weight excluding hydrogens is 260 g/mol. The van der Waals surface area contributed by atoms with E-state index in [1.54, 1.807) is 0 Å². The number of rotatable bonds is 15. The van der Waals surface area contributed by atoms with Crippen molar-refractivity contribution in [3.8, 4) is 0 Å². The quantitative estimate of drug-likeness (QED) is 0.373. The van der Waals surface area contributed by atoms with E-state index >= 15 is 0 Å². The molecule has 2 nitrogen and oxygen atoms in total. The van der Waals surface area contributed by atoms with Gasteiger partial charge < -0.3 is 10.2 Å². The summed E-state index contributed by atoms with van der Waals surface area (Å²) in [6, 6.07) is 0. The average Bonchev–Trinajstić information content (AvgIpc) is 2.52. The highest BCUT2D eigenvalue weighted by atomic mass is 16.3. The Kier molecular flexibility index (Phi) is 27.5. The first-order chi connectivity index (χ1) is 10.3. The van der Waals surface area contributed by atoms with E-state index in [9.17, 15) is 0 Å². The van der Waals surface area contributed by atoms with Gasteiger partial charge in [-0.15, -0.1) is 0 Å². The molecule has 0 atom stereocenters. The molecule has 0 aliphatic heterocycles. The van der Waals surface area contributed by atoms with E-state index < -0.39 is 0 Å². The van der Waals surface area contributed by atoms with E-state index in [0.29, 0.717) is 13.2 Å². The largest absolute Gasteiger partial charge is 0.396 e. The van der Waals surface area contributed by atoms with Crippen molar-refractivity contribution < 1.29 is 10.2 Å². The van der Waals surface area contributed by atoms with Crippen molar-refractivity contribution in [3.63, 3.8) is 0 Å². The van der Waals surface area contributed by atoms with Gasteiger partial charge in [0, 0.05) is 13.2 Å². The second kappa shape index (κ2) is 24.9. The third-order valence-electron chi connectivity index (χ3n) is 3.74. The minimum Gasteiger partial charge on any atom is -0.396 e. The molecule has 0 radical (unpaired) electrons.